The number of carbonyl (C=O) groups excluding carboxylic acids is 1. The summed E-state index contributed by atoms with van der Waals surface area (Å²) >= 11 is 0. The Bertz CT molecular complexity index is 915. The lowest BCUT2D eigenvalue weighted by Crippen LogP contribution is -2.46. The van der Waals surface area contributed by atoms with Crippen molar-refractivity contribution in [3.8, 4) is 11.3 Å². The summed E-state index contributed by atoms with van der Waals surface area (Å²) in [6.07, 6.45) is 1.90. The number of halogens is 1. The van der Waals surface area contributed by atoms with Crippen molar-refractivity contribution in [3.05, 3.63) is 77.5 Å². The molecule has 0 aliphatic carbocycles. The Balaban J connectivity index is 0.00000225. The number of rotatable bonds is 4. The zero-order valence-electron chi connectivity index (χ0n) is 16.0. The van der Waals surface area contributed by atoms with Crippen LogP contribution in [0.5, 0.6) is 0 Å². The van der Waals surface area contributed by atoms with Gasteiger partial charge in [0.1, 0.15) is 5.69 Å². The first-order chi connectivity index (χ1) is 13.2. The predicted octanol–water partition coefficient (Wildman–Crippen LogP) is 3.37. The number of carbonyl (C=O) groups is 1. The quantitative estimate of drug-likeness (QED) is 0.735. The van der Waals surface area contributed by atoms with Gasteiger partial charge >= 0.3 is 0 Å². The number of aryl methyl sites for hydroxylation is 1. The maximum absolute atomic E-state index is 13.2. The van der Waals surface area contributed by atoms with Gasteiger partial charge in [0, 0.05) is 37.9 Å². The Morgan fingerprint density at radius 2 is 1.71 bits per heavy atom. The van der Waals surface area contributed by atoms with Gasteiger partial charge in [-0.1, -0.05) is 60.2 Å². The van der Waals surface area contributed by atoms with Crippen LogP contribution in [-0.2, 0) is 6.54 Å². The topological polar surface area (TPSA) is 50.2 Å². The first-order valence-corrected chi connectivity index (χ1v) is 9.39. The standard InChI is InChI=1S/C22H24N4O.ClH/c1-17-7-9-19(10-8-17)21-20(22(27)25-13-11-23-12-14-25)16-26(24-21)15-18-5-3-2-4-6-18;/h2-10,16,23H,11-15H2,1H3;1H. The average molecular weight is 397 g/mol. The summed E-state index contributed by atoms with van der Waals surface area (Å²) in [5.41, 5.74) is 4.77. The average Bonchev–Trinajstić information content (AvgIpc) is 3.13. The molecule has 2 aromatic carbocycles. The second kappa shape index (κ2) is 9.04. The van der Waals surface area contributed by atoms with Crippen LogP contribution in [0.4, 0.5) is 0 Å². The molecule has 3 aromatic rings. The zero-order valence-corrected chi connectivity index (χ0v) is 16.8. The van der Waals surface area contributed by atoms with E-state index in [1.165, 1.54) is 5.56 Å². The molecular weight excluding hydrogens is 372 g/mol. The Morgan fingerprint density at radius 1 is 1.04 bits per heavy atom. The molecular formula is C22H25ClN4O. The van der Waals surface area contributed by atoms with Crippen LogP contribution >= 0.6 is 12.4 Å². The second-order valence-electron chi connectivity index (χ2n) is 6.98. The molecule has 4 rings (SSSR count). The van der Waals surface area contributed by atoms with E-state index in [4.69, 9.17) is 5.10 Å². The molecule has 2 heterocycles. The summed E-state index contributed by atoms with van der Waals surface area (Å²) in [6, 6.07) is 18.4. The minimum atomic E-state index is 0. The van der Waals surface area contributed by atoms with Crippen molar-refractivity contribution in [3.63, 3.8) is 0 Å². The largest absolute Gasteiger partial charge is 0.336 e. The van der Waals surface area contributed by atoms with Crippen LogP contribution in [0.25, 0.3) is 11.3 Å². The Labute approximate surface area is 171 Å². The molecule has 0 saturated carbocycles. The maximum Gasteiger partial charge on any atom is 0.257 e. The van der Waals surface area contributed by atoms with Gasteiger partial charge in [0.15, 0.2) is 0 Å². The highest BCUT2D eigenvalue weighted by Gasteiger charge is 2.24. The van der Waals surface area contributed by atoms with Gasteiger partial charge < -0.3 is 10.2 Å². The predicted molar refractivity (Wildman–Crippen MR) is 114 cm³/mol. The summed E-state index contributed by atoms with van der Waals surface area (Å²) in [7, 11) is 0. The molecule has 0 atom stereocenters. The fourth-order valence-corrected chi connectivity index (χ4v) is 3.39. The van der Waals surface area contributed by atoms with Crippen LogP contribution in [0.1, 0.15) is 21.5 Å². The van der Waals surface area contributed by atoms with Crippen molar-refractivity contribution in [2.24, 2.45) is 0 Å². The maximum atomic E-state index is 13.2. The summed E-state index contributed by atoms with van der Waals surface area (Å²) in [5, 5.41) is 8.07. The minimum absolute atomic E-state index is 0. The number of benzene rings is 2. The molecule has 28 heavy (non-hydrogen) atoms. The summed E-state index contributed by atoms with van der Waals surface area (Å²) in [4.78, 5) is 15.1. The Kier molecular flexibility index (Phi) is 6.49. The van der Waals surface area contributed by atoms with Gasteiger partial charge in [-0.15, -0.1) is 12.4 Å². The number of aromatic nitrogens is 2. The molecule has 1 aromatic heterocycles. The van der Waals surface area contributed by atoms with Gasteiger partial charge in [0.05, 0.1) is 12.1 Å². The first kappa shape index (κ1) is 20.1. The lowest BCUT2D eigenvalue weighted by Gasteiger charge is -2.27. The van der Waals surface area contributed by atoms with Crippen LogP contribution < -0.4 is 5.32 Å². The molecule has 5 nitrogen and oxygen atoms in total. The van der Waals surface area contributed by atoms with Gasteiger partial charge in [0.2, 0.25) is 0 Å². The molecule has 0 unspecified atom stereocenters. The van der Waals surface area contributed by atoms with Gasteiger partial charge in [-0.05, 0) is 12.5 Å². The molecule has 6 heteroatoms. The third-order valence-electron chi connectivity index (χ3n) is 4.91. The molecule has 1 amide bonds. The van der Waals surface area contributed by atoms with Crippen molar-refractivity contribution < 1.29 is 4.79 Å². The van der Waals surface area contributed by atoms with Crippen molar-refractivity contribution in [2.45, 2.75) is 13.5 Å². The molecule has 1 saturated heterocycles. The number of nitrogens with one attached hydrogen (secondary N) is 1. The molecule has 1 N–H and O–H groups in total. The van der Waals surface area contributed by atoms with Gasteiger partial charge in [-0.25, -0.2) is 0 Å². The Hall–Kier alpha value is -2.63. The van der Waals surface area contributed by atoms with E-state index in [0.717, 1.165) is 43.0 Å². The molecule has 1 fully saturated rings. The van der Waals surface area contributed by atoms with E-state index in [0.29, 0.717) is 12.1 Å². The fraction of sp³-hybridized carbons (Fsp3) is 0.273. The van der Waals surface area contributed by atoms with Gasteiger partial charge in [0.25, 0.3) is 5.91 Å². The highest BCUT2D eigenvalue weighted by molar-refractivity contribution is 5.99. The smallest absolute Gasteiger partial charge is 0.257 e. The van der Waals surface area contributed by atoms with Gasteiger partial charge in [-0.3, -0.25) is 9.48 Å². The highest BCUT2D eigenvalue weighted by Crippen LogP contribution is 2.24. The third kappa shape index (κ3) is 4.43. The zero-order chi connectivity index (χ0) is 18.6. The van der Waals surface area contributed by atoms with Gasteiger partial charge in [-0.2, -0.15) is 5.10 Å². The monoisotopic (exact) mass is 396 g/mol. The Morgan fingerprint density at radius 3 is 2.39 bits per heavy atom. The van der Waals surface area contributed by atoms with E-state index in [1.54, 1.807) is 0 Å². The number of amides is 1. The summed E-state index contributed by atoms with van der Waals surface area (Å²) in [5.74, 6) is 0.0615. The summed E-state index contributed by atoms with van der Waals surface area (Å²) in [6.45, 7) is 5.85. The van der Waals surface area contributed by atoms with Crippen LogP contribution in [0, 0.1) is 6.92 Å². The minimum Gasteiger partial charge on any atom is -0.336 e. The molecule has 0 bridgehead atoms. The second-order valence-corrected chi connectivity index (χ2v) is 6.98. The lowest BCUT2D eigenvalue weighted by atomic mass is 10.1. The van der Waals surface area contributed by atoms with E-state index in [2.05, 4.69) is 36.5 Å². The van der Waals surface area contributed by atoms with Crippen molar-refractivity contribution in [1.29, 1.82) is 0 Å². The van der Waals surface area contributed by atoms with E-state index in [-0.39, 0.29) is 18.3 Å². The SMILES string of the molecule is Cc1ccc(-c2nn(Cc3ccccc3)cc2C(=O)N2CCNCC2)cc1.Cl. The highest BCUT2D eigenvalue weighted by atomic mass is 35.5. The van der Waals surface area contributed by atoms with E-state index < -0.39 is 0 Å². The van der Waals surface area contributed by atoms with Crippen molar-refractivity contribution >= 4 is 18.3 Å². The third-order valence-corrected chi connectivity index (χ3v) is 4.91. The van der Waals surface area contributed by atoms with Crippen molar-refractivity contribution in [2.75, 3.05) is 26.2 Å². The number of hydrogen-bond donors (Lipinski definition) is 1. The first-order valence-electron chi connectivity index (χ1n) is 9.39. The fourth-order valence-electron chi connectivity index (χ4n) is 3.39. The lowest BCUT2D eigenvalue weighted by molar-refractivity contribution is 0.0736. The normalized spacial score (nSPS) is 13.8. The number of piperazine rings is 1. The molecule has 1 aliphatic rings. The number of hydrogen-bond acceptors (Lipinski definition) is 3. The molecule has 0 radical (unpaired) electrons. The van der Waals surface area contributed by atoms with E-state index in [1.807, 2.05) is 46.1 Å². The van der Waals surface area contributed by atoms with Crippen LogP contribution in [-0.4, -0.2) is 46.8 Å². The van der Waals surface area contributed by atoms with Crippen LogP contribution in [0.3, 0.4) is 0 Å². The summed E-state index contributed by atoms with van der Waals surface area (Å²) < 4.78 is 1.87. The molecule has 1 aliphatic heterocycles. The van der Waals surface area contributed by atoms with E-state index >= 15 is 0 Å². The van der Waals surface area contributed by atoms with E-state index in [9.17, 15) is 4.79 Å². The van der Waals surface area contributed by atoms with Crippen LogP contribution in [0.2, 0.25) is 0 Å². The van der Waals surface area contributed by atoms with Crippen molar-refractivity contribution in [1.82, 2.24) is 20.0 Å². The van der Waals surface area contributed by atoms with Crippen LogP contribution in [0.15, 0.2) is 60.8 Å². The number of nitrogens with zero attached hydrogens (tertiary/aromatic N) is 3. The molecule has 146 valence electrons. The molecule has 0 spiro atoms.